The molecule has 0 rings (SSSR count). The Kier molecular flexibility index (Phi) is 153. The van der Waals surface area contributed by atoms with Crippen molar-refractivity contribution in [2.24, 2.45) is 0 Å². The molecule has 0 aromatic rings. The minimum absolute atomic E-state index is 0. The molecule has 18 nitrogen and oxygen atoms in total. The monoisotopic (exact) mass is 808 g/mol. The van der Waals surface area contributed by atoms with Gasteiger partial charge in [-0.25, -0.2) is 9.59 Å². The van der Waals surface area contributed by atoms with Crippen molar-refractivity contribution in [3.05, 3.63) is 7.43 Å². The van der Waals surface area contributed by atoms with Gasteiger partial charge in [0.25, 0.3) is 0 Å². The quantitative estimate of drug-likeness (QED) is 0.150. The maximum absolute atomic E-state index is 10.2. The largest absolute Gasteiger partial charge is 0.469 e. The van der Waals surface area contributed by atoms with Crippen LogP contribution in [0.1, 0.15) is 42.5 Å². The van der Waals surface area contributed by atoms with Crippen molar-refractivity contribution < 1.29 is 113 Å². The van der Waals surface area contributed by atoms with Crippen molar-refractivity contribution >= 4 is 41.8 Å². The number of rotatable bonds is 2. The molecule has 286 valence electrons. The average molecular weight is 809 g/mol. The zero-order valence-electron chi connectivity index (χ0n) is 30.0. The second-order valence-corrected chi connectivity index (χ2v) is 6.00. The second-order valence-electron chi connectivity index (χ2n) is 6.00. The smallest absolute Gasteiger partial charge is 0.406 e. The van der Waals surface area contributed by atoms with Gasteiger partial charge in [-0.15, -0.1) is 0 Å². The number of carbonyl (C=O) groups excluding carboxylic acids is 7. The van der Waals surface area contributed by atoms with Crippen LogP contribution in [-0.2, 0) is 104 Å². The first-order valence-corrected chi connectivity index (χ1v) is 11.5. The van der Waals surface area contributed by atoms with Gasteiger partial charge in [0, 0.05) is 136 Å². The average Bonchev–Trinajstić information content (AvgIpc) is 2.98. The van der Waals surface area contributed by atoms with Gasteiger partial charge in [0.1, 0.15) is 6.61 Å². The van der Waals surface area contributed by atoms with Gasteiger partial charge >= 0.3 is 24.1 Å². The molecule has 5 N–H and O–H groups in total. The number of hydrogen-bond donors (Lipinski definition) is 5. The molecular formula is C27H66N5O13VY-. The Balaban J connectivity index is -0.0000000254. The van der Waals surface area contributed by atoms with E-state index in [1.54, 1.807) is 35.4 Å². The van der Waals surface area contributed by atoms with Crippen LogP contribution in [0.25, 0.3) is 0 Å². The molecule has 0 atom stereocenters. The van der Waals surface area contributed by atoms with E-state index in [0.717, 1.165) is 0 Å². The van der Waals surface area contributed by atoms with Crippen LogP contribution >= 0.6 is 0 Å². The van der Waals surface area contributed by atoms with Gasteiger partial charge in [0.2, 0.25) is 17.7 Å². The van der Waals surface area contributed by atoms with Crippen LogP contribution in [0.15, 0.2) is 0 Å². The molecule has 0 heterocycles. The summed E-state index contributed by atoms with van der Waals surface area (Å²) in [5.74, 6) is -0.576. The van der Waals surface area contributed by atoms with Crippen LogP contribution in [0.2, 0.25) is 0 Å². The Bertz CT molecular complexity index is 582. The van der Waals surface area contributed by atoms with E-state index in [1.165, 1.54) is 77.3 Å². The fourth-order valence-electron chi connectivity index (χ4n) is 0.407. The molecule has 0 bridgehead atoms. The van der Waals surface area contributed by atoms with Crippen molar-refractivity contribution in [1.82, 2.24) is 26.6 Å². The van der Waals surface area contributed by atoms with E-state index in [0.29, 0.717) is 0 Å². The number of likely N-dealkylation sites (N-methyl/N-ethyl adjacent to an activating group) is 1. The van der Waals surface area contributed by atoms with Gasteiger partial charge < -0.3 is 62.4 Å². The molecule has 2 radical (unpaired) electrons. The zero-order chi connectivity index (χ0) is 35.5. The normalized spacial score (nSPS) is 6.30. The standard InChI is InChI=1S/C4H9NO2.2C3H7NO2.2C3H7NO.2C3H6O2.C2H6O.2CH4.CH3.V.Y/c1-5-4(6)3-7-2;2*1-4-3(5)6-2;2*1-3(5)4-2;2*1-3(4)5-2;1-3-2;;;;;/h3H2,1-2H3,(H,5,6);2*1-2H3,(H,4,5);2*1-2H3,(H,4,5);2*1-2H3;1-2H3;2*1H4;1H3;;/q;;;;;;;;;;-1;;. The molecule has 47 heavy (non-hydrogen) atoms. The predicted octanol–water partition coefficient (Wildman–Crippen LogP) is 1.17. The third-order valence-corrected chi connectivity index (χ3v) is 2.61. The fourth-order valence-corrected chi connectivity index (χ4v) is 0.407. The van der Waals surface area contributed by atoms with Gasteiger partial charge in [-0.1, -0.05) is 14.9 Å². The van der Waals surface area contributed by atoms with Crippen LogP contribution in [0.5, 0.6) is 0 Å². The van der Waals surface area contributed by atoms with E-state index < -0.39 is 12.2 Å². The summed E-state index contributed by atoms with van der Waals surface area (Å²) >= 11 is 0. The summed E-state index contributed by atoms with van der Waals surface area (Å²) in [6.45, 7) is 5.82. The van der Waals surface area contributed by atoms with Crippen molar-refractivity contribution in [3.8, 4) is 0 Å². The van der Waals surface area contributed by atoms with E-state index in [9.17, 15) is 33.6 Å². The minimum Gasteiger partial charge on any atom is -0.469 e. The van der Waals surface area contributed by atoms with E-state index in [1.807, 2.05) is 0 Å². The Hall–Kier alpha value is -2.50. The third-order valence-electron chi connectivity index (χ3n) is 2.61. The van der Waals surface area contributed by atoms with Crippen LogP contribution in [0.3, 0.4) is 0 Å². The summed E-state index contributed by atoms with van der Waals surface area (Å²) in [5, 5.41) is 11.7. The van der Waals surface area contributed by atoms with E-state index in [-0.39, 0.29) is 110 Å². The molecule has 0 saturated heterocycles. The van der Waals surface area contributed by atoms with Gasteiger partial charge in [-0.2, -0.15) is 0 Å². The van der Waals surface area contributed by atoms with E-state index in [4.69, 9.17) is 0 Å². The van der Waals surface area contributed by atoms with Crippen LogP contribution in [-0.4, -0.2) is 133 Å². The number of amides is 5. The molecule has 0 fully saturated rings. The number of esters is 2. The summed E-state index contributed by atoms with van der Waals surface area (Å²) in [7, 11) is 17.8. The number of methoxy groups -OCH3 is 6. The van der Waals surface area contributed by atoms with Crippen molar-refractivity contribution in [2.75, 3.05) is 91.6 Å². The molecule has 20 heteroatoms. The maximum Gasteiger partial charge on any atom is 0.406 e. The van der Waals surface area contributed by atoms with Gasteiger partial charge in [-0.3, -0.25) is 24.0 Å². The number of ether oxygens (including phenoxy) is 6. The van der Waals surface area contributed by atoms with Crippen LogP contribution < -0.4 is 26.6 Å². The van der Waals surface area contributed by atoms with Gasteiger partial charge in [0.15, 0.2) is 0 Å². The molecule has 0 saturated carbocycles. The molecule has 0 spiro atoms. The third kappa shape index (κ3) is 219. The van der Waals surface area contributed by atoms with E-state index in [2.05, 4.69) is 55.0 Å². The molecule has 0 unspecified atom stereocenters. The topological polar surface area (TPSA) is 235 Å². The number of carbonyl (C=O) groups is 7. The Labute approximate surface area is 321 Å². The zero-order valence-corrected chi connectivity index (χ0v) is 34.3. The van der Waals surface area contributed by atoms with Crippen molar-refractivity contribution in [3.63, 3.8) is 0 Å². The fraction of sp³-hybridized carbons (Fsp3) is 0.704. The molecule has 0 aliphatic carbocycles. The first-order chi connectivity index (χ1) is 19.4. The molecular weight excluding hydrogens is 742 g/mol. The van der Waals surface area contributed by atoms with Gasteiger partial charge in [0.05, 0.1) is 28.4 Å². The second kappa shape index (κ2) is 84.5. The Morgan fingerprint density at radius 1 is 0.489 bits per heavy atom. The van der Waals surface area contributed by atoms with E-state index >= 15 is 0 Å². The summed E-state index contributed by atoms with van der Waals surface area (Å²) < 4.78 is 25.3. The number of hydrogen-bond acceptors (Lipinski definition) is 13. The molecule has 5 amide bonds. The summed E-state index contributed by atoms with van der Waals surface area (Å²) in [4.78, 5) is 68.5. The number of nitrogens with one attached hydrogen (secondary N) is 5. The van der Waals surface area contributed by atoms with Crippen LogP contribution in [0.4, 0.5) is 9.59 Å². The van der Waals surface area contributed by atoms with Crippen LogP contribution in [0, 0.1) is 7.43 Å². The molecule has 0 aliphatic heterocycles. The number of alkyl carbamates (subject to hydrolysis) is 2. The Morgan fingerprint density at radius 2 is 0.681 bits per heavy atom. The SMILES string of the molecule is C.C.CNC(=O)COC.CNC(=O)OC.CNC(=O)OC.CNC(C)=O.CNC(C)=O.COC.COC(C)=O.COC(C)=O.[CH3-].[V].[Y]. The summed E-state index contributed by atoms with van der Waals surface area (Å²) in [6, 6.07) is 0. The Morgan fingerprint density at radius 3 is 0.702 bits per heavy atom. The van der Waals surface area contributed by atoms with Gasteiger partial charge in [-0.05, 0) is 0 Å². The van der Waals surface area contributed by atoms with Crippen molar-refractivity contribution in [1.29, 1.82) is 0 Å². The predicted molar refractivity (Wildman–Crippen MR) is 177 cm³/mol. The first-order valence-electron chi connectivity index (χ1n) is 11.5. The molecule has 0 aromatic carbocycles. The molecule has 0 aromatic heterocycles. The van der Waals surface area contributed by atoms with Crippen molar-refractivity contribution in [2.45, 2.75) is 42.5 Å². The first kappa shape index (κ1) is 84.9. The summed E-state index contributed by atoms with van der Waals surface area (Å²) in [6.07, 6.45) is -0.815. The molecule has 0 aliphatic rings. The summed E-state index contributed by atoms with van der Waals surface area (Å²) in [5.41, 5.74) is 0. The minimum atomic E-state index is -0.407. The maximum atomic E-state index is 10.2.